The summed E-state index contributed by atoms with van der Waals surface area (Å²) in [5.74, 6) is 0.417. The Kier molecular flexibility index (Phi) is 6.20. The van der Waals surface area contributed by atoms with Gasteiger partial charge in [-0.25, -0.2) is 8.42 Å². The zero-order chi connectivity index (χ0) is 20.3. The number of sulfonamides is 1. The third kappa shape index (κ3) is 4.45. The molecule has 0 unspecified atom stereocenters. The first-order valence-corrected chi connectivity index (χ1v) is 11.2. The highest BCUT2D eigenvalue weighted by Crippen LogP contribution is 2.24. The third-order valence-corrected chi connectivity index (χ3v) is 7.48. The molecule has 1 saturated heterocycles. The van der Waals surface area contributed by atoms with E-state index in [1.807, 2.05) is 32.0 Å². The smallest absolute Gasteiger partial charge is 0.243 e. The Hall–Kier alpha value is -2.18. The van der Waals surface area contributed by atoms with Crippen molar-refractivity contribution in [1.82, 2.24) is 4.31 Å². The number of rotatable bonds is 6. The second-order valence-corrected chi connectivity index (χ2v) is 9.58. The van der Waals surface area contributed by atoms with Gasteiger partial charge in [-0.3, -0.25) is 4.79 Å². The molecule has 0 bridgehead atoms. The molecule has 5 nitrogen and oxygen atoms in total. The largest absolute Gasteiger partial charge is 0.377 e. The number of anilines is 1. The molecule has 1 fully saturated rings. The van der Waals surface area contributed by atoms with Crippen molar-refractivity contribution in [3.05, 3.63) is 59.2 Å². The van der Waals surface area contributed by atoms with E-state index < -0.39 is 10.0 Å². The average Bonchev–Trinajstić information content (AvgIpc) is 2.69. The van der Waals surface area contributed by atoms with E-state index in [-0.39, 0.29) is 17.2 Å². The number of ketones is 1. The van der Waals surface area contributed by atoms with E-state index in [1.165, 1.54) is 10.4 Å². The molecule has 28 heavy (non-hydrogen) atoms. The van der Waals surface area contributed by atoms with Gasteiger partial charge in [-0.15, -0.1) is 0 Å². The SMILES string of the molecule is Cc1cccc(NCC(=O)c2cccc(S(=O)(=O)N3CCC(C)CC3)c2)c1C. The summed E-state index contributed by atoms with van der Waals surface area (Å²) in [5, 5.41) is 3.17. The van der Waals surface area contributed by atoms with Crippen LogP contribution in [-0.2, 0) is 10.0 Å². The number of benzene rings is 2. The first kappa shape index (κ1) is 20.6. The minimum absolute atomic E-state index is 0.120. The third-order valence-electron chi connectivity index (χ3n) is 5.58. The topological polar surface area (TPSA) is 66.5 Å². The maximum atomic E-state index is 12.9. The lowest BCUT2D eigenvalue weighted by Crippen LogP contribution is -2.37. The second kappa shape index (κ2) is 8.45. The fraction of sp³-hybridized carbons (Fsp3) is 0.409. The molecule has 2 aromatic carbocycles. The molecule has 0 amide bonds. The summed E-state index contributed by atoms with van der Waals surface area (Å²) in [7, 11) is -3.56. The molecule has 1 aliphatic rings. The fourth-order valence-corrected chi connectivity index (χ4v) is 4.94. The van der Waals surface area contributed by atoms with Crippen LogP contribution in [0.4, 0.5) is 5.69 Å². The lowest BCUT2D eigenvalue weighted by Gasteiger charge is -2.29. The lowest BCUT2D eigenvalue weighted by atomic mass is 10.0. The Morgan fingerprint density at radius 1 is 1.11 bits per heavy atom. The Morgan fingerprint density at radius 2 is 1.79 bits per heavy atom. The number of nitrogens with zero attached hydrogens (tertiary/aromatic N) is 1. The van der Waals surface area contributed by atoms with Crippen LogP contribution >= 0.6 is 0 Å². The number of aryl methyl sites for hydroxylation is 1. The van der Waals surface area contributed by atoms with Crippen molar-refractivity contribution < 1.29 is 13.2 Å². The maximum Gasteiger partial charge on any atom is 0.243 e. The van der Waals surface area contributed by atoms with Crippen LogP contribution in [0.25, 0.3) is 0 Å². The van der Waals surface area contributed by atoms with Crippen LogP contribution in [0, 0.1) is 19.8 Å². The lowest BCUT2D eigenvalue weighted by molar-refractivity contribution is 0.101. The number of hydrogen-bond donors (Lipinski definition) is 1. The van der Waals surface area contributed by atoms with E-state index in [1.54, 1.807) is 18.2 Å². The highest BCUT2D eigenvalue weighted by molar-refractivity contribution is 7.89. The predicted molar refractivity (Wildman–Crippen MR) is 112 cm³/mol. The summed E-state index contributed by atoms with van der Waals surface area (Å²) in [6.45, 7) is 7.37. The quantitative estimate of drug-likeness (QED) is 0.744. The van der Waals surface area contributed by atoms with Crippen molar-refractivity contribution in [2.45, 2.75) is 38.5 Å². The van der Waals surface area contributed by atoms with E-state index in [4.69, 9.17) is 0 Å². The van der Waals surface area contributed by atoms with Gasteiger partial charge in [0.15, 0.2) is 5.78 Å². The molecule has 0 atom stereocenters. The van der Waals surface area contributed by atoms with Crippen molar-refractivity contribution in [1.29, 1.82) is 0 Å². The normalized spacial score (nSPS) is 16.1. The number of carbonyl (C=O) groups excluding carboxylic acids is 1. The number of nitrogens with one attached hydrogen (secondary N) is 1. The minimum atomic E-state index is -3.56. The minimum Gasteiger partial charge on any atom is -0.377 e. The van der Waals surface area contributed by atoms with Crippen molar-refractivity contribution >= 4 is 21.5 Å². The Balaban J connectivity index is 1.73. The zero-order valence-electron chi connectivity index (χ0n) is 16.7. The maximum absolute atomic E-state index is 12.9. The number of piperidine rings is 1. The first-order valence-electron chi connectivity index (χ1n) is 9.72. The van der Waals surface area contributed by atoms with Gasteiger partial charge in [0.2, 0.25) is 10.0 Å². The van der Waals surface area contributed by atoms with Gasteiger partial charge in [-0.1, -0.05) is 31.2 Å². The second-order valence-electron chi connectivity index (χ2n) is 7.64. The van der Waals surface area contributed by atoms with E-state index in [2.05, 4.69) is 12.2 Å². The molecular formula is C22H28N2O3S. The van der Waals surface area contributed by atoms with Gasteiger partial charge in [0.05, 0.1) is 11.4 Å². The summed E-state index contributed by atoms with van der Waals surface area (Å²) >= 11 is 0. The molecule has 0 aromatic heterocycles. The molecule has 0 radical (unpaired) electrons. The molecule has 3 rings (SSSR count). The highest BCUT2D eigenvalue weighted by atomic mass is 32.2. The Morgan fingerprint density at radius 3 is 2.50 bits per heavy atom. The zero-order valence-corrected chi connectivity index (χ0v) is 17.6. The van der Waals surface area contributed by atoms with E-state index in [0.29, 0.717) is 24.6 Å². The van der Waals surface area contributed by atoms with E-state index in [0.717, 1.165) is 29.7 Å². The van der Waals surface area contributed by atoms with Crippen molar-refractivity contribution in [3.8, 4) is 0 Å². The summed E-state index contributed by atoms with van der Waals surface area (Å²) < 4.78 is 27.4. The molecule has 6 heteroatoms. The molecule has 0 aliphatic carbocycles. The van der Waals surface area contributed by atoms with Gasteiger partial charge in [0, 0.05) is 24.3 Å². The van der Waals surface area contributed by atoms with Crippen LogP contribution in [0.1, 0.15) is 41.3 Å². The summed E-state index contributed by atoms with van der Waals surface area (Å²) in [4.78, 5) is 12.8. The molecule has 1 heterocycles. The molecule has 150 valence electrons. The first-order chi connectivity index (χ1) is 13.3. The summed E-state index contributed by atoms with van der Waals surface area (Å²) in [6, 6.07) is 12.3. The molecule has 1 N–H and O–H groups in total. The molecule has 0 saturated carbocycles. The fourth-order valence-electron chi connectivity index (χ4n) is 3.42. The van der Waals surface area contributed by atoms with E-state index in [9.17, 15) is 13.2 Å². The number of hydrogen-bond acceptors (Lipinski definition) is 4. The standard InChI is InChI=1S/C22H28N2O3S/c1-16-10-12-24(13-11-16)28(26,27)20-8-5-7-19(14-20)22(25)15-23-21-9-4-6-17(2)18(21)3/h4-9,14,16,23H,10-13,15H2,1-3H3. The predicted octanol–water partition coefficient (Wildman–Crippen LogP) is 4.02. The van der Waals surface area contributed by atoms with Crippen LogP contribution in [0.5, 0.6) is 0 Å². The van der Waals surface area contributed by atoms with Crippen LogP contribution in [0.2, 0.25) is 0 Å². The van der Waals surface area contributed by atoms with E-state index >= 15 is 0 Å². The van der Waals surface area contributed by atoms with Crippen LogP contribution < -0.4 is 5.32 Å². The van der Waals surface area contributed by atoms with Gasteiger partial charge in [0.25, 0.3) is 0 Å². The van der Waals surface area contributed by atoms with Gasteiger partial charge in [-0.2, -0.15) is 4.31 Å². The molecular weight excluding hydrogens is 372 g/mol. The van der Waals surface area contributed by atoms with Crippen molar-refractivity contribution in [3.63, 3.8) is 0 Å². The van der Waals surface area contributed by atoms with Crippen LogP contribution in [-0.4, -0.2) is 38.1 Å². The summed E-state index contributed by atoms with van der Waals surface area (Å²) in [6.07, 6.45) is 1.75. The monoisotopic (exact) mass is 400 g/mol. The molecule has 0 spiro atoms. The Bertz CT molecular complexity index is 961. The molecule has 2 aromatic rings. The van der Waals surface area contributed by atoms with Gasteiger partial charge < -0.3 is 5.32 Å². The van der Waals surface area contributed by atoms with Crippen LogP contribution in [0.15, 0.2) is 47.4 Å². The molecule has 1 aliphatic heterocycles. The highest BCUT2D eigenvalue weighted by Gasteiger charge is 2.28. The van der Waals surface area contributed by atoms with Crippen molar-refractivity contribution in [2.24, 2.45) is 5.92 Å². The van der Waals surface area contributed by atoms with Gasteiger partial charge in [-0.05, 0) is 61.9 Å². The average molecular weight is 401 g/mol. The summed E-state index contributed by atoms with van der Waals surface area (Å²) in [5.41, 5.74) is 3.58. The van der Waals surface area contributed by atoms with Crippen LogP contribution in [0.3, 0.4) is 0 Å². The Labute approximate surface area is 167 Å². The van der Waals surface area contributed by atoms with Gasteiger partial charge in [0.1, 0.15) is 0 Å². The number of Topliss-reactive ketones (excluding diaryl/α,β-unsaturated/α-hetero) is 1. The van der Waals surface area contributed by atoms with Crippen molar-refractivity contribution in [2.75, 3.05) is 25.0 Å². The number of carbonyl (C=O) groups is 1. The van der Waals surface area contributed by atoms with Gasteiger partial charge >= 0.3 is 0 Å².